The molecule has 11 rings (SSSR count). The van der Waals surface area contributed by atoms with Crippen LogP contribution < -0.4 is 0 Å². The summed E-state index contributed by atoms with van der Waals surface area (Å²) in [6.45, 7) is 0. The highest BCUT2D eigenvalue weighted by Crippen LogP contribution is 2.59. The maximum atomic E-state index is 9.95. The van der Waals surface area contributed by atoms with E-state index in [2.05, 4.69) is 150 Å². The number of aromatic nitrogens is 4. The molecule has 0 atom stereocenters. The molecule has 57 heavy (non-hydrogen) atoms. The summed E-state index contributed by atoms with van der Waals surface area (Å²) >= 11 is 0. The monoisotopic (exact) mass is 731 g/mol. The molecule has 2 heterocycles. The van der Waals surface area contributed by atoms with Gasteiger partial charge in [0.1, 0.15) is 0 Å². The number of nitrogens with zero attached hydrogens (tertiary/aromatic N) is 5. The molecular weight excluding hydrogens is 695 g/mol. The van der Waals surface area contributed by atoms with Crippen molar-refractivity contribution in [2.75, 3.05) is 0 Å². The van der Waals surface area contributed by atoms with Gasteiger partial charge in [0.05, 0.1) is 22.7 Å². The number of hydrogen-bond acceptors (Lipinski definition) is 4. The van der Waals surface area contributed by atoms with Gasteiger partial charge >= 0.3 is 0 Å². The highest BCUT2D eigenvalue weighted by Gasteiger charge is 2.45. The number of fused-ring (bicyclic) bond motifs is 8. The molecule has 0 aliphatic heterocycles. The van der Waals surface area contributed by atoms with Crippen LogP contribution in [0.15, 0.2) is 164 Å². The van der Waals surface area contributed by atoms with E-state index < -0.39 is 0 Å². The zero-order valence-electron chi connectivity index (χ0n) is 31.4. The largest absolute Gasteiger partial charge is 0.309 e. The van der Waals surface area contributed by atoms with Crippen LogP contribution in [-0.4, -0.2) is 19.5 Å². The van der Waals surface area contributed by atoms with E-state index in [0.717, 1.165) is 70.2 Å². The molecule has 5 heteroatoms. The minimum atomic E-state index is -0.147. The molecule has 5 nitrogen and oxygen atoms in total. The van der Waals surface area contributed by atoms with E-state index in [-0.39, 0.29) is 5.41 Å². The van der Waals surface area contributed by atoms with Gasteiger partial charge in [0.25, 0.3) is 0 Å². The predicted octanol–water partition coefficient (Wildman–Crippen LogP) is 12.7. The first-order chi connectivity index (χ1) is 28.2. The zero-order valence-corrected chi connectivity index (χ0v) is 31.4. The average Bonchev–Trinajstić information content (AvgIpc) is 3.76. The fourth-order valence-corrected chi connectivity index (χ4v) is 9.81. The molecule has 0 unspecified atom stereocenters. The Hall–Kier alpha value is -7.16. The van der Waals surface area contributed by atoms with Crippen molar-refractivity contribution in [3.05, 3.63) is 180 Å². The molecule has 9 aromatic rings. The molecule has 270 valence electrons. The number of hydrogen-bond donors (Lipinski definition) is 0. The average molecular weight is 732 g/mol. The first kappa shape index (κ1) is 33.2. The van der Waals surface area contributed by atoms with E-state index in [9.17, 15) is 5.26 Å². The molecule has 2 aromatic heterocycles. The van der Waals surface area contributed by atoms with Crippen molar-refractivity contribution in [2.45, 2.75) is 37.5 Å². The second-order valence-corrected chi connectivity index (χ2v) is 15.4. The van der Waals surface area contributed by atoms with Crippen LogP contribution in [0.25, 0.3) is 83.9 Å². The van der Waals surface area contributed by atoms with Crippen molar-refractivity contribution in [2.24, 2.45) is 0 Å². The minimum Gasteiger partial charge on any atom is -0.309 e. The first-order valence-corrected chi connectivity index (χ1v) is 19.9. The molecule has 2 aliphatic rings. The molecule has 1 fully saturated rings. The van der Waals surface area contributed by atoms with Gasteiger partial charge in [0.15, 0.2) is 17.5 Å². The van der Waals surface area contributed by atoms with Gasteiger partial charge in [-0.25, -0.2) is 15.0 Å². The van der Waals surface area contributed by atoms with Gasteiger partial charge in [-0.3, -0.25) is 0 Å². The molecule has 1 spiro atoms. The van der Waals surface area contributed by atoms with Crippen molar-refractivity contribution in [3.8, 4) is 68.2 Å². The van der Waals surface area contributed by atoms with E-state index in [1.807, 2.05) is 24.3 Å². The number of benzene rings is 7. The standard InChI is InChI=1S/C52H37N5/c53-33-34-27-28-39-43-24-14-23-42(48(43)52(45(39)31-34)29-11-2-12-30-52)38-19-5-6-22-44(38)51-55-49(35-15-3-1-4-16-35)54-50(56-51)36-17-13-18-37(32-36)57-46-25-9-7-20-40(46)41-21-8-10-26-47(41)57/h1,3-10,13-28,31-32H,2,11-12,29-30H2. The Kier molecular flexibility index (Phi) is 7.72. The summed E-state index contributed by atoms with van der Waals surface area (Å²) in [7, 11) is 0. The van der Waals surface area contributed by atoms with Gasteiger partial charge < -0.3 is 4.57 Å². The fraction of sp³-hybridized carbons (Fsp3) is 0.115. The summed E-state index contributed by atoms with van der Waals surface area (Å²) in [5.41, 5.74) is 14.3. The third-order valence-corrected chi connectivity index (χ3v) is 12.3. The summed E-state index contributed by atoms with van der Waals surface area (Å²) < 4.78 is 2.33. The second-order valence-electron chi connectivity index (χ2n) is 15.4. The van der Waals surface area contributed by atoms with Crippen LogP contribution in [0.1, 0.15) is 48.8 Å². The Morgan fingerprint density at radius 1 is 0.474 bits per heavy atom. The fourth-order valence-electron chi connectivity index (χ4n) is 9.81. The quantitative estimate of drug-likeness (QED) is 0.177. The lowest BCUT2D eigenvalue weighted by atomic mass is 9.66. The van der Waals surface area contributed by atoms with Crippen molar-refractivity contribution in [1.29, 1.82) is 5.26 Å². The number of rotatable bonds is 5. The van der Waals surface area contributed by atoms with E-state index >= 15 is 0 Å². The van der Waals surface area contributed by atoms with Gasteiger partial charge in [0.2, 0.25) is 0 Å². The SMILES string of the molecule is N#Cc1ccc2c(c1)C1(CCCCC1)c1c(-c3ccccc3-c3nc(-c4ccccc4)nc(-c4cccc(-n5c6ccccc6c6ccccc65)c4)n3)cccc1-2. The summed E-state index contributed by atoms with van der Waals surface area (Å²) in [5.74, 6) is 1.88. The van der Waals surface area contributed by atoms with Gasteiger partial charge in [-0.2, -0.15) is 5.26 Å². The van der Waals surface area contributed by atoms with Crippen LogP contribution in [0.5, 0.6) is 0 Å². The van der Waals surface area contributed by atoms with Gasteiger partial charge in [-0.15, -0.1) is 0 Å². The Morgan fingerprint density at radius 3 is 1.79 bits per heavy atom. The summed E-state index contributed by atoms with van der Waals surface area (Å²) in [4.78, 5) is 15.7. The van der Waals surface area contributed by atoms with Gasteiger partial charge in [0, 0.05) is 38.6 Å². The van der Waals surface area contributed by atoms with Crippen LogP contribution in [0.3, 0.4) is 0 Å². The maximum Gasteiger partial charge on any atom is 0.164 e. The highest BCUT2D eigenvalue weighted by atomic mass is 15.0. The minimum absolute atomic E-state index is 0.147. The molecule has 1 saturated carbocycles. The van der Waals surface area contributed by atoms with Crippen molar-refractivity contribution in [3.63, 3.8) is 0 Å². The Bertz CT molecular complexity index is 3020. The summed E-state index contributed by atoms with van der Waals surface area (Å²) in [6.07, 6.45) is 5.69. The molecule has 7 aromatic carbocycles. The lowest BCUT2D eigenvalue weighted by Gasteiger charge is -2.37. The van der Waals surface area contributed by atoms with Crippen LogP contribution in [0.2, 0.25) is 0 Å². The summed E-state index contributed by atoms with van der Waals surface area (Å²) in [6, 6.07) is 60.0. The Labute approximate surface area is 331 Å². The third kappa shape index (κ3) is 5.25. The van der Waals surface area contributed by atoms with Crippen LogP contribution in [-0.2, 0) is 5.41 Å². The van der Waals surface area contributed by atoms with E-state index in [0.29, 0.717) is 17.5 Å². The van der Waals surface area contributed by atoms with E-state index in [1.54, 1.807) is 0 Å². The Balaban J connectivity index is 1.11. The molecule has 0 radical (unpaired) electrons. The van der Waals surface area contributed by atoms with Crippen molar-refractivity contribution >= 4 is 21.8 Å². The zero-order chi connectivity index (χ0) is 37.9. The molecular formula is C52H37N5. The van der Waals surface area contributed by atoms with Gasteiger partial charge in [-0.05, 0) is 82.6 Å². The lowest BCUT2D eigenvalue weighted by molar-refractivity contribution is 0.353. The number of para-hydroxylation sites is 2. The van der Waals surface area contributed by atoms with Crippen LogP contribution >= 0.6 is 0 Å². The molecule has 0 N–H and O–H groups in total. The molecule has 0 bridgehead atoms. The number of nitriles is 1. The molecule has 2 aliphatic carbocycles. The van der Waals surface area contributed by atoms with E-state index in [4.69, 9.17) is 15.0 Å². The topological polar surface area (TPSA) is 67.4 Å². The summed E-state index contributed by atoms with van der Waals surface area (Å²) in [5, 5.41) is 12.4. The Morgan fingerprint density at radius 2 is 1.05 bits per heavy atom. The van der Waals surface area contributed by atoms with Crippen molar-refractivity contribution in [1.82, 2.24) is 19.5 Å². The normalized spacial score (nSPS) is 14.1. The smallest absolute Gasteiger partial charge is 0.164 e. The molecule has 0 amide bonds. The first-order valence-electron chi connectivity index (χ1n) is 19.9. The van der Waals surface area contributed by atoms with E-state index in [1.165, 1.54) is 45.0 Å². The second kappa shape index (κ2) is 13.3. The van der Waals surface area contributed by atoms with Crippen LogP contribution in [0, 0.1) is 11.3 Å². The van der Waals surface area contributed by atoms with Crippen molar-refractivity contribution < 1.29 is 0 Å². The van der Waals surface area contributed by atoms with Crippen LogP contribution in [0.4, 0.5) is 0 Å². The third-order valence-electron chi connectivity index (χ3n) is 12.3. The highest BCUT2D eigenvalue weighted by molar-refractivity contribution is 6.09. The lowest BCUT2D eigenvalue weighted by Crippen LogP contribution is -2.28. The predicted molar refractivity (Wildman–Crippen MR) is 230 cm³/mol. The van der Waals surface area contributed by atoms with Gasteiger partial charge in [-0.1, -0.05) is 147 Å². The maximum absolute atomic E-state index is 9.95. The molecule has 0 saturated heterocycles.